The molecule has 10 heavy (non-hydrogen) atoms. The molecule has 1 amide bonds. The van der Waals surface area contributed by atoms with Crippen LogP contribution in [0.25, 0.3) is 0 Å². The van der Waals surface area contributed by atoms with Crippen molar-refractivity contribution in [2.45, 2.75) is 16.2 Å². The Morgan fingerprint density at radius 1 is 1.70 bits per heavy atom. The molecule has 1 heterocycles. The molecule has 0 aromatic heterocycles. The van der Waals surface area contributed by atoms with Crippen molar-refractivity contribution in [2.75, 3.05) is 7.05 Å². The van der Waals surface area contributed by atoms with Crippen molar-refractivity contribution >= 4 is 37.8 Å². The molecule has 1 atom stereocenters. The van der Waals surface area contributed by atoms with E-state index in [9.17, 15) is 4.79 Å². The fraction of sp³-hybridized carbons (Fsp3) is 0.800. The van der Waals surface area contributed by atoms with Gasteiger partial charge < -0.3 is 0 Å². The number of hydrazine groups is 1. The molecular formula is C5H8Br2N2O. The minimum atomic E-state index is -0.616. The van der Waals surface area contributed by atoms with Gasteiger partial charge in [0.1, 0.15) is 0 Å². The first-order chi connectivity index (χ1) is 4.46. The maximum atomic E-state index is 11.2. The molecule has 0 aromatic carbocycles. The van der Waals surface area contributed by atoms with Crippen molar-refractivity contribution in [2.24, 2.45) is 0 Å². The molecular weight excluding hydrogens is 264 g/mol. The highest BCUT2D eigenvalue weighted by Gasteiger charge is 2.47. The molecule has 1 fully saturated rings. The van der Waals surface area contributed by atoms with E-state index < -0.39 is 3.23 Å². The molecule has 0 aliphatic carbocycles. The average Bonchev–Trinajstić information content (AvgIpc) is 1.97. The van der Waals surface area contributed by atoms with Gasteiger partial charge in [-0.3, -0.25) is 9.80 Å². The first-order valence-corrected chi connectivity index (χ1v) is 4.47. The van der Waals surface area contributed by atoms with Crippen molar-refractivity contribution < 1.29 is 4.79 Å². The monoisotopic (exact) mass is 270 g/mol. The number of amides is 1. The predicted molar refractivity (Wildman–Crippen MR) is 46.0 cm³/mol. The van der Waals surface area contributed by atoms with E-state index in [0.29, 0.717) is 0 Å². The number of carbonyl (C=O) groups is 1. The van der Waals surface area contributed by atoms with Gasteiger partial charge in [0.05, 0.1) is 6.04 Å². The van der Waals surface area contributed by atoms with Crippen LogP contribution in [-0.4, -0.2) is 27.2 Å². The van der Waals surface area contributed by atoms with Gasteiger partial charge in [-0.2, -0.15) is 0 Å². The van der Waals surface area contributed by atoms with Crippen LogP contribution in [0.2, 0.25) is 0 Å². The van der Waals surface area contributed by atoms with E-state index in [1.54, 1.807) is 7.05 Å². The molecule has 5 heteroatoms. The number of hydrogen-bond donors (Lipinski definition) is 1. The molecule has 58 valence electrons. The van der Waals surface area contributed by atoms with Crippen LogP contribution in [0, 0.1) is 0 Å². The smallest absolute Gasteiger partial charge is 0.265 e. The Kier molecular flexibility index (Phi) is 2.09. The third kappa shape index (κ3) is 1.10. The standard InChI is InChI=1S/C5H8Br2N2O/c1-3-5(6,7)4(10)9(2)8-3/h3,8H,1-2H3. The van der Waals surface area contributed by atoms with E-state index in [-0.39, 0.29) is 11.9 Å². The first-order valence-electron chi connectivity index (χ1n) is 2.88. The maximum Gasteiger partial charge on any atom is 0.265 e. The third-order valence-electron chi connectivity index (χ3n) is 1.52. The molecule has 0 radical (unpaired) electrons. The number of alkyl halides is 2. The van der Waals surface area contributed by atoms with Crippen molar-refractivity contribution in [1.29, 1.82) is 0 Å². The van der Waals surface area contributed by atoms with E-state index in [0.717, 1.165) is 0 Å². The summed E-state index contributed by atoms with van der Waals surface area (Å²) in [4.78, 5) is 11.2. The van der Waals surface area contributed by atoms with Gasteiger partial charge in [-0.05, 0) is 6.92 Å². The summed E-state index contributed by atoms with van der Waals surface area (Å²) in [6.45, 7) is 1.92. The lowest BCUT2D eigenvalue weighted by Gasteiger charge is -2.12. The highest BCUT2D eigenvalue weighted by molar-refractivity contribution is 9.26. The second-order valence-electron chi connectivity index (χ2n) is 2.34. The van der Waals surface area contributed by atoms with Crippen molar-refractivity contribution in [1.82, 2.24) is 10.4 Å². The van der Waals surface area contributed by atoms with Crippen molar-refractivity contribution in [3.8, 4) is 0 Å². The van der Waals surface area contributed by atoms with E-state index in [2.05, 4.69) is 37.3 Å². The molecule has 1 saturated heterocycles. The van der Waals surface area contributed by atoms with Crippen LogP contribution < -0.4 is 5.43 Å². The molecule has 0 bridgehead atoms. The normalized spacial score (nSPS) is 31.4. The molecule has 0 aromatic rings. The van der Waals surface area contributed by atoms with E-state index in [4.69, 9.17) is 0 Å². The Bertz CT molecular complexity index is 171. The van der Waals surface area contributed by atoms with Gasteiger partial charge in [-0.25, -0.2) is 5.43 Å². The van der Waals surface area contributed by atoms with Gasteiger partial charge in [-0.15, -0.1) is 0 Å². The van der Waals surface area contributed by atoms with Crippen LogP contribution in [0.15, 0.2) is 0 Å². The summed E-state index contributed by atoms with van der Waals surface area (Å²) in [5.41, 5.74) is 2.95. The summed E-state index contributed by atoms with van der Waals surface area (Å²) in [6, 6.07) is 0.0741. The van der Waals surface area contributed by atoms with Gasteiger partial charge in [0.25, 0.3) is 5.91 Å². The van der Waals surface area contributed by atoms with Crippen LogP contribution >= 0.6 is 31.9 Å². The Morgan fingerprint density at radius 2 is 2.20 bits per heavy atom. The summed E-state index contributed by atoms with van der Waals surface area (Å²) < 4.78 is -0.616. The summed E-state index contributed by atoms with van der Waals surface area (Å²) >= 11 is 6.55. The minimum Gasteiger partial charge on any atom is -0.279 e. The molecule has 1 unspecified atom stereocenters. The molecule has 1 rings (SSSR count). The van der Waals surface area contributed by atoms with E-state index >= 15 is 0 Å². The molecule has 1 aliphatic heterocycles. The third-order valence-corrected chi connectivity index (χ3v) is 3.57. The first kappa shape index (κ1) is 8.49. The van der Waals surface area contributed by atoms with Crippen molar-refractivity contribution in [3.63, 3.8) is 0 Å². The van der Waals surface area contributed by atoms with Crippen LogP contribution in [0.3, 0.4) is 0 Å². The van der Waals surface area contributed by atoms with Gasteiger partial charge in [0, 0.05) is 7.05 Å². The Morgan fingerprint density at radius 3 is 2.30 bits per heavy atom. The number of hydrogen-bond acceptors (Lipinski definition) is 2. The second-order valence-corrected chi connectivity index (χ2v) is 5.90. The van der Waals surface area contributed by atoms with E-state index in [1.165, 1.54) is 5.01 Å². The number of rotatable bonds is 0. The molecule has 3 nitrogen and oxygen atoms in total. The zero-order chi connectivity index (χ0) is 7.94. The molecule has 1 aliphatic rings. The zero-order valence-electron chi connectivity index (χ0n) is 5.69. The zero-order valence-corrected chi connectivity index (χ0v) is 8.86. The molecule has 1 N–H and O–H groups in total. The highest BCUT2D eigenvalue weighted by atomic mass is 79.9. The highest BCUT2D eigenvalue weighted by Crippen LogP contribution is 2.35. The maximum absolute atomic E-state index is 11.2. The second kappa shape index (κ2) is 2.46. The van der Waals surface area contributed by atoms with Crippen LogP contribution in [0.5, 0.6) is 0 Å². The fourth-order valence-corrected chi connectivity index (χ4v) is 1.58. The van der Waals surface area contributed by atoms with Gasteiger partial charge in [0.2, 0.25) is 0 Å². The number of carbonyl (C=O) groups excluding carboxylic acids is 1. The predicted octanol–water partition coefficient (Wildman–Crippen LogP) is 0.838. The van der Waals surface area contributed by atoms with Crippen LogP contribution in [0.1, 0.15) is 6.92 Å². The Labute approximate surface area is 76.4 Å². The van der Waals surface area contributed by atoms with Gasteiger partial charge in [-0.1, -0.05) is 31.9 Å². The Hall–Kier alpha value is 0.390. The quantitative estimate of drug-likeness (QED) is 0.663. The average molecular weight is 272 g/mol. The van der Waals surface area contributed by atoms with Crippen LogP contribution in [-0.2, 0) is 4.79 Å². The Balaban J connectivity index is 2.85. The van der Waals surface area contributed by atoms with Gasteiger partial charge >= 0.3 is 0 Å². The summed E-state index contributed by atoms with van der Waals surface area (Å²) in [7, 11) is 1.70. The lowest BCUT2D eigenvalue weighted by molar-refractivity contribution is -0.128. The van der Waals surface area contributed by atoms with Gasteiger partial charge in [0.15, 0.2) is 3.23 Å². The van der Waals surface area contributed by atoms with Crippen LogP contribution in [0.4, 0.5) is 0 Å². The van der Waals surface area contributed by atoms with Crippen molar-refractivity contribution in [3.05, 3.63) is 0 Å². The lowest BCUT2D eigenvalue weighted by Crippen LogP contribution is -2.32. The number of nitrogens with one attached hydrogen (secondary N) is 1. The summed E-state index contributed by atoms with van der Waals surface area (Å²) in [5, 5.41) is 1.47. The molecule has 0 spiro atoms. The largest absolute Gasteiger partial charge is 0.279 e. The number of halogens is 2. The summed E-state index contributed by atoms with van der Waals surface area (Å²) in [6.07, 6.45) is 0. The lowest BCUT2D eigenvalue weighted by atomic mass is 10.3. The topological polar surface area (TPSA) is 32.3 Å². The van der Waals surface area contributed by atoms with E-state index in [1.807, 2.05) is 6.92 Å². The SMILES string of the molecule is CC1NN(C)C(=O)C1(Br)Br. The minimum absolute atomic E-state index is 0. The summed E-state index contributed by atoms with van der Waals surface area (Å²) in [5.74, 6) is 0. The fourth-order valence-electron chi connectivity index (χ4n) is 0.839. The number of nitrogens with zero attached hydrogens (tertiary/aromatic N) is 1. The molecule has 0 saturated carbocycles.